The fourth-order valence-electron chi connectivity index (χ4n) is 2.76. The minimum Gasteiger partial charge on any atom is -0.497 e. The van der Waals surface area contributed by atoms with Crippen LogP contribution in [0.15, 0.2) is 48.5 Å². The molecule has 2 aromatic carbocycles. The van der Waals surface area contributed by atoms with Gasteiger partial charge in [0.1, 0.15) is 24.1 Å². The van der Waals surface area contributed by atoms with Gasteiger partial charge >= 0.3 is 0 Å². The highest BCUT2D eigenvalue weighted by molar-refractivity contribution is 5.97. The lowest BCUT2D eigenvalue weighted by Gasteiger charge is -2.27. The van der Waals surface area contributed by atoms with E-state index in [0.29, 0.717) is 24.5 Å². The van der Waals surface area contributed by atoms with Gasteiger partial charge < -0.3 is 19.7 Å². The predicted molar refractivity (Wildman–Crippen MR) is 113 cm³/mol. The number of benzene rings is 2. The molecule has 0 aromatic heterocycles. The Balaban J connectivity index is 1.92. The zero-order valence-corrected chi connectivity index (χ0v) is 17.8. The average molecular weight is 399 g/mol. The van der Waals surface area contributed by atoms with E-state index in [-0.39, 0.29) is 17.7 Å². The summed E-state index contributed by atoms with van der Waals surface area (Å²) in [5, 5.41) is 2.85. The number of nitrogens with one attached hydrogen (secondary N) is 1. The summed E-state index contributed by atoms with van der Waals surface area (Å²) in [7, 11) is 3.29. The van der Waals surface area contributed by atoms with Crippen molar-refractivity contribution in [3.8, 4) is 11.5 Å². The largest absolute Gasteiger partial charge is 0.497 e. The van der Waals surface area contributed by atoms with Crippen LogP contribution >= 0.6 is 0 Å². The van der Waals surface area contributed by atoms with Gasteiger partial charge in [-0.25, -0.2) is 0 Å². The van der Waals surface area contributed by atoms with E-state index in [1.54, 1.807) is 43.3 Å². The molecule has 156 valence electrons. The third kappa shape index (κ3) is 6.52. The number of carbonyl (C=O) groups excluding carboxylic acids is 2. The molecular formula is C23H30N2O4. The third-order valence-electron chi connectivity index (χ3n) is 4.66. The summed E-state index contributed by atoms with van der Waals surface area (Å²) in [6.45, 7) is 6.64. The zero-order valence-electron chi connectivity index (χ0n) is 17.8. The molecule has 0 heterocycles. The van der Waals surface area contributed by atoms with Crippen LogP contribution in [-0.2, 0) is 4.79 Å². The summed E-state index contributed by atoms with van der Waals surface area (Å²) in [6.07, 6.45) is 0. The lowest BCUT2D eigenvalue weighted by molar-refractivity contribution is -0.133. The Morgan fingerprint density at radius 3 is 2.14 bits per heavy atom. The Morgan fingerprint density at radius 2 is 1.59 bits per heavy atom. The molecule has 1 atom stereocenters. The number of aryl methyl sites for hydroxylation is 1. The van der Waals surface area contributed by atoms with Crippen LogP contribution in [0.3, 0.4) is 0 Å². The normalized spacial score (nSPS) is 11.7. The topological polar surface area (TPSA) is 67.9 Å². The second-order valence-corrected chi connectivity index (χ2v) is 7.34. The first kappa shape index (κ1) is 22.3. The van der Waals surface area contributed by atoms with Gasteiger partial charge in [0.15, 0.2) is 0 Å². The molecule has 0 aliphatic carbocycles. The van der Waals surface area contributed by atoms with Crippen LogP contribution in [0.2, 0.25) is 0 Å². The van der Waals surface area contributed by atoms with Crippen molar-refractivity contribution in [3.63, 3.8) is 0 Å². The number of carbonyl (C=O) groups is 2. The number of methoxy groups -OCH3 is 1. The molecule has 0 spiro atoms. The van der Waals surface area contributed by atoms with Gasteiger partial charge in [0, 0.05) is 12.6 Å². The molecule has 0 fully saturated rings. The molecule has 0 radical (unpaired) electrons. The van der Waals surface area contributed by atoms with Gasteiger partial charge in [-0.15, -0.1) is 0 Å². The highest BCUT2D eigenvalue weighted by Gasteiger charge is 2.27. The monoisotopic (exact) mass is 398 g/mol. The smallest absolute Gasteiger partial charge is 0.251 e. The lowest BCUT2D eigenvalue weighted by Crippen LogP contribution is -2.50. The van der Waals surface area contributed by atoms with Crippen molar-refractivity contribution in [1.82, 2.24) is 10.2 Å². The van der Waals surface area contributed by atoms with Crippen molar-refractivity contribution in [2.75, 3.05) is 27.3 Å². The number of rotatable bonds is 9. The van der Waals surface area contributed by atoms with E-state index in [1.165, 1.54) is 0 Å². The fourth-order valence-corrected chi connectivity index (χ4v) is 2.76. The second kappa shape index (κ2) is 10.5. The first-order valence-corrected chi connectivity index (χ1v) is 9.71. The quantitative estimate of drug-likeness (QED) is 0.704. The van der Waals surface area contributed by atoms with E-state index in [9.17, 15) is 9.59 Å². The summed E-state index contributed by atoms with van der Waals surface area (Å²) in [4.78, 5) is 27.0. The SMILES string of the molecule is COc1ccc(C(=O)NC(C(=O)N(C)CCOc2ccc(C)cc2)C(C)C)cc1. The van der Waals surface area contributed by atoms with E-state index in [2.05, 4.69) is 5.32 Å². The Morgan fingerprint density at radius 1 is 1.00 bits per heavy atom. The molecule has 1 N–H and O–H groups in total. The molecule has 6 nitrogen and oxygen atoms in total. The van der Waals surface area contributed by atoms with Gasteiger partial charge in [-0.1, -0.05) is 31.5 Å². The first-order valence-electron chi connectivity index (χ1n) is 9.71. The Bertz CT molecular complexity index is 801. The zero-order chi connectivity index (χ0) is 21.4. The summed E-state index contributed by atoms with van der Waals surface area (Å²) in [5.41, 5.74) is 1.65. The molecule has 2 rings (SSSR count). The minimum atomic E-state index is -0.617. The van der Waals surface area contributed by atoms with Crippen LogP contribution in [0.25, 0.3) is 0 Å². The second-order valence-electron chi connectivity index (χ2n) is 7.34. The summed E-state index contributed by atoms with van der Waals surface area (Å²) in [6, 6.07) is 13.9. The number of nitrogens with zero attached hydrogens (tertiary/aromatic N) is 1. The van der Waals surface area contributed by atoms with Crippen LogP contribution in [-0.4, -0.2) is 50.1 Å². The molecule has 0 aliphatic heterocycles. The summed E-state index contributed by atoms with van der Waals surface area (Å²) in [5.74, 6) is 0.958. The molecule has 2 aromatic rings. The van der Waals surface area contributed by atoms with Crippen molar-refractivity contribution in [3.05, 3.63) is 59.7 Å². The van der Waals surface area contributed by atoms with Crippen molar-refractivity contribution < 1.29 is 19.1 Å². The summed E-state index contributed by atoms with van der Waals surface area (Å²) < 4.78 is 10.8. The molecule has 0 saturated heterocycles. The number of ether oxygens (including phenoxy) is 2. The minimum absolute atomic E-state index is 0.0508. The third-order valence-corrected chi connectivity index (χ3v) is 4.66. The van der Waals surface area contributed by atoms with E-state index < -0.39 is 6.04 Å². The van der Waals surface area contributed by atoms with Gasteiger partial charge in [0.2, 0.25) is 5.91 Å². The van der Waals surface area contributed by atoms with E-state index in [1.807, 2.05) is 45.0 Å². The molecule has 0 aliphatic rings. The maximum atomic E-state index is 12.9. The van der Waals surface area contributed by atoms with Gasteiger partial charge in [0.05, 0.1) is 13.7 Å². The van der Waals surface area contributed by atoms with Crippen molar-refractivity contribution >= 4 is 11.8 Å². The van der Waals surface area contributed by atoms with E-state index in [0.717, 1.165) is 11.3 Å². The molecule has 1 unspecified atom stereocenters. The van der Waals surface area contributed by atoms with Crippen LogP contribution in [0.5, 0.6) is 11.5 Å². The van der Waals surface area contributed by atoms with Crippen LogP contribution in [0, 0.1) is 12.8 Å². The number of likely N-dealkylation sites (N-methyl/N-ethyl adjacent to an activating group) is 1. The number of hydrogen-bond acceptors (Lipinski definition) is 4. The molecule has 29 heavy (non-hydrogen) atoms. The maximum Gasteiger partial charge on any atom is 0.251 e. The lowest BCUT2D eigenvalue weighted by atomic mass is 10.0. The predicted octanol–water partition coefficient (Wildman–Crippen LogP) is 3.30. The Labute approximate surface area is 172 Å². The molecular weight excluding hydrogens is 368 g/mol. The van der Waals surface area contributed by atoms with E-state index in [4.69, 9.17) is 9.47 Å². The Hall–Kier alpha value is -3.02. The van der Waals surface area contributed by atoms with Gasteiger partial charge in [0.25, 0.3) is 5.91 Å². The van der Waals surface area contributed by atoms with Gasteiger partial charge in [-0.2, -0.15) is 0 Å². The number of hydrogen-bond donors (Lipinski definition) is 1. The maximum absolute atomic E-state index is 12.9. The first-order chi connectivity index (χ1) is 13.8. The van der Waals surface area contributed by atoms with Crippen molar-refractivity contribution in [1.29, 1.82) is 0 Å². The van der Waals surface area contributed by atoms with Crippen molar-refractivity contribution in [2.45, 2.75) is 26.8 Å². The van der Waals surface area contributed by atoms with Crippen LogP contribution in [0.4, 0.5) is 0 Å². The van der Waals surface area contributed by atoms with Gasteiger partial charge in [-0.05, 0) is 49.2 Å². The van der Waals surface area contributed by atoms with Crippen LogP contribution in [0.1, 0.15) is 29.8 Å². The van der Waals surface area contributed by atoms with Crippen molar-refractivity contribution in [2.24, 2.45) is 5.92 Å². The van der Waals surface area contributed by atoms with E-state index >= 15 is 0 Å². The number of amides is 2. The molecule has 2 amide bonds. The fraction of sp³-hybridized carbons (Fsp3) is 0.391. The highest BCUT2D eigenvalue weighted by atomic mass is 16.5. The molecule has 0 saturated carbocycles. The molecule has 6 heteroatoms. The standard InChI is InChI=1S/C23H30N2O4/c1-16(2)21(24-22(26)18-8-12-19(28-5)13-9-18)23(27)25(4)14-15-29-20-10-6-17(3)7-11-20/h6-13,16,21H,14-15H2,1-5H3,(H,24,26). The van der Waals surface area contributed by atoms with Gasteiger partial charge in [-0.3, -0.25) is 9.59 Å². The Kier molecular flexibility index (Phi) is 8.07. The van der Waals surface area contributed by atoms with Crippen LogP contribution < -0.4 is 14.8 Å². The highest BCUT2D eigenvalue weighted by Crippen LogP contribution is 2.14. The summed E-state index contributed by atoms with van der Waals surface area (Å²) >= 11 is 0. The molecule has 0 bridgehead atoms. The average Bonchev–Trinajstić information content (AvgIpc) is 2.72.